The number of hydrogen-bond donors (Lipinski definition) is 0. The number of hydrogen-bond acceptors (Lipinski definition) is 6. The molecule has 0 amide bonds. The molecular formula is C20H17FN6. The van der Waals surface area contributed by atoms with E-state index in [-0.39, 0.29) is 17.6 Å². The van der Waals surface area contributed by atoms with Gasteiger partial charge in [0.05, 0.1) is 5.69 Å². The summed E-state index contributed by atoms with van der Waals surface area (Å²) in [5.41, 5.74) is 1.68. The first kappa shape index (κ1) is 17.0. The largest absolute Gasteiger partial charge is 0.356 e. The Balaban J connectivity index is 1.47. The number of piperidine rings is 1. The molecule has 4 rings (SSSR count). The minimum absolute atomic E-state index is 0.185. The van der Waals surface area contributed by atoms with Crippen molar-refractivity contribution in [3.63, 3.8) is 0 Å². The molecule has 2 aromatic heterocycles. The van der Waals surface area contributed by atoms with Crippen LogP contribution in [0.1, 0.15) is 30.4 Å². The molecular weight excluding hydrogens is 343 g/mol. The van der Waals surface area contributed by atoms with Gasteiger partial charge in [-0.1, -0.05) is 0 Å². The molecule has 1 fully saturated rings. The monoisotopic (exact) mass is 360 g/mol. The first-order chi connectivity index (χ1) is 13.2. The summed E-state index contributed by atoms with van der Waals surface area (Å²) in [4.78, 5) is 19.5. The van der Waals surface area contributed by atoms with Gasteiger partial charge in [-0.15, -0.1) is 0 Å². The number of nitrogens with zero attached hydrogens (tertiary/aromatic N) is 6. The molecule has 3 aromatic rings. The molecule has 0 unspecified atom stereocenters. The maximum absolute atomic E-state index is 13.1. The van der Waals surface area contributed by atoms with Crippen LogP contribution in [0.15, 0.2) is 48.8 Å². The topological polar surface area (TPSA) is 78.6 Å². The third-order valence-electron chi connectivity index (χ3n) is 4.74. The van der Waals surface area contributed by atoms with Gasteiger partial charge in [0.2, 0.25) is 5.82 Å². The fourth-order valence-corrected chi connectivity index (χ4v) is 3.30. The SMILES string of the molecule is N#Cc1nccc(N2CCC(c3nccc(-c4ccc(F)cc4)n3)CC2)n1. The molecule has 1 aliphatic heterocycles. The van der Waals surface area contributed by atoms with Crippen LogP contribution in [-0.4, -0.2) is 33.0 Å². The van der Waals surface area contributed by atoms with Gasteiger partial charge in [0.15, 0.2) is 0 Å². The molecule has 1 aromatic carbocycles. The number of halogens is 1. The van der Waals surface area contributed by atoms with Crippen molar-refractivity contribution >= 4 is 5.82 Å². The van der Waals surface area contributed by atoms with Crippen LogP contribution in [0.25, 0.3) is 11.3 Å². The molecule has 1 saturated heterocycles. The van der Waals surface area contributed by atoms with Gasteiger partial charge < -0.3 is 4.90 Å². The predicted octanol–water partition coefficient (Wildman–Crippen LogP) is 3.33. The average molecular weight is 360 g/mol. The Bertz CT molecular complexity index is 974. The lowest BCUT2D eigenvalue weighted by Gasteiger charge is -2.32. The number of aromatic nitrogens is 4. The molecule has 27 heavy (non-hydrogen) atoms. The van der Waals surface area contributed by atoms with E-state index in [0.717, 1.165) is 48.8 Å². The van der Waals surface area contributed by atoms with E-state index in [1.54, 1.807) is 24.5 Å². The lowest BCUT2D eigenvalue weighted by atomic mass is 9.95. The number of rotatable bonds is 3. The van der Waals surface area contributed by atoms with Crippen molar-refractivity contribution in [1.82, 2.24) is 19.9 Å². The zero-order chi connectivity index (χ0) is 18.6. The van der Waals surface area contributed by atoms with Crippen LogP contribution in [0.2, 0.25) is 0 Å². The molecule has 0 spiro atoms. The summed E-state index contributed by atoms with van der Waals surface area (Å²) in [5, 5.41) is 8.96. The van der Waals surface area contributed by atoms with Crippen molar-refractivity contribution < 1.29 is 4.39 Å². The van der Waals surface area contributed by atoms with Gasteiger partial charge in [-0.2, -0.15) is 5.26 Å². The molecule has 7 heteroatoms. The summed E-state index contributed by atoms with van der Waals surface area (Å²) in [7, 11) is 0. The highest BCUT2D eigenvalue weighted by atomic mass is 19.1. The summed E-state index contributed by atoms with van der Waals surface area (Å²) in [6.45, 7) is 1.63. The van der Waals surface area contributed by atoms with Gasteiger partial charge in [-0.25, -0.2) is 24.3 Å². The van der Waals surface area contributed by atoms with Crippen LogP contribution < -0.4 is 4.90 Å². The van der Waals surface area contributed by atoms with Crippen LogP contribution in [0.4, 0.5) is 10.2 Å². The van der Waals surface area contributed by atoms with E-state index in [1.807, 2.05) is 18.2 Å². The molecule has 0 saturated carbocycles. The maximum atomic E-state index is 13.1. The van der Waals surface area contributed by atoms with E-state index in [2.05, 4.69) is 19.9 Å². The Hall–Kier alpha value is -3.40. The lowest BCUT2D eigenvalue weighted by Crippen LogP contribution is -2.34. The van der Waals surface area contributed by atoms with Crippen LogP contribution in [-0.2, 0) is 0 Å². The molecule has 0 N–H and O–H groups in total. The Kier molecular flexibility index (Phi) is 4.71. The molecule has 0 radical (unpaired) electrons. The van der Waals surface area contributed by atoms with Crippen LogP contribution in [0.3, 0.4) is 0 Å². The zero-order valence-electron chi connectivity index (χ0n) is 14.6. The second-order valence-electron chi connectivity index (χ2n) is 6.42. The third kappa shape index (κ3) is 3.75. The van der Waals surface area contributed by atoms with E-state index in [1.165, 1.54) is 12.1 Å². The first-order valence-electron chi connectivity index (χ1n) is 8.80. The highest BCUT2D eigenvalue weighted by Gasteiger charge is 2.24. The molecule has 0 atom stereocenters. The maximum Gasteiger partial charge on any atom is 0.234 e. The summed E-state index contributed by atoms with van der Waals surface area (Å²) in [6, 6.07) is 12.0. The lowest BCUT2D eigenvalue weighted by molar-refractivity contribution is 0.483. The summed E-state index contributed by atoms with van der Waals surface area (Å²) in [5.74, 6) is 1.78. The van der Waals surface area contributed by atoms with E-state index in [4.69, 9.17) is 10.2 Å². The Labute approximate surface area is 156 Å². The second-order valence-corrected chi connectivity index (χ2v) is 6.42. The fraction of sp³-hybridized carbons (Fsp3) is 0.250. The minimum Gasteiger partial charge on any atom is -0.356 e. The number of nitriles is 1. The second kappa shape index (κ2) is 7.46. The van der Waals surface area contributed by atoms with Crippen LogP contribution in [0.5, 0.6) is 0 Å². The number of anilines is 1. The molecule has 0 aliphatic carbocycles. The summed E-state index contributed by atoms with van der Waals surface area (Å²) >= 11 is 0. The molecule has 0 bridgehead atoms. The summed E-state index contributed by atoms with van der Waals surface area (Å²) < 4.78 is 13.1. The van der Waals surface area contributed by atoms with Gasteiger partial charge in [-0.05, 0) is 49.2 Å². The highest BCUT2D eigenvalue weighted by Crippen LogP contribution is 2.29. The Morgan fingerprint density at radius 1 is 0.963 bits per heavy atom. The van der Waals surface area contributed by atoms with Crippen LogP contribution >= 0.6 is 0 Å². The van der Waals surface area contributed by atoms with Gasteiger partial charge in [0.25, 0.3) is 0 Å². The molecule has 134 valence electrons. The van der Waals surface area contributed by atoms with E-state index in [9.17, 15) is 4.39 Å². The average Bonchev–Trinajstić information content (AvgIpc) is 2.74. The van der Waals surface area contributed by atoms with E-state index in [0.29, 0.717) is 0 Å². The van der Waals surface area contributed by atoms with Crippen LogP contribution in [0, 0.1) is 17.1 Å². The minimum atomic E-state index is -0.260. The Morgan fingerprint density at radius 3 is 2.44 bits per heavy atom. The van der Waals surface area contributed by atoms with Crippen molar-refractivity contribution in [3.8, 4) is 17.3 Å². The van der Waals surface area contributed by atoms with Gasteiger partial charge in [0.1, 0.15) is 23.5 Å². The molecule has 6 nitrogen and oxygen atoms in total. The van der Waals surface area contributed by atoms with E-state index < -0.39 is 0 Å². The fourth-order valence-electron chi connectivity index (χ4n) is 3.30. The number of benzene rings is 1. The quantitative estimate of drug-likeness (QED) is 0.713. The normalized spacial score (nSPS) is 14.7. The van der Waals surface area contributed by atoms with Crippen molar-refractivity contribution in [1.29, 1.82) is 5.26 Å². The van der Waals surface area contributed by atoms with Crippen molar-refractivity contribution in [2.75, 3.05) is 18.0 Å². The Morgan fingerprint density at radius 2 is 1.70 bits per heavy atom. The van der Waals surface area contributed by atoms with Crippen molar-refractivity contribution in [2.24, 2.45) is 0 Å². The van der Waals surface area contributed by atoms with Crippen molar-refractivity contribution in [2.45, 2.75) is 18.8 Å². The zero-order valence-corrected chi connectivity index (χ0v) is 14.6. The van der Waals surface area contributed by atoms with Gasteiger partial charge in [-0.3, -0.25) is 0 Å². The third-order valence-corrected chi connectivity index (χ3v) is 4.74. The van der Waals surface area contributed by atoms with Crippen molar-refractivity contribution in [3.05, 3.63) is 66.3 Å². The molecule has 1 aliphatic rings. The summed E-state index contributed by atoms with van der Waals surface area (Å²) in [6.07, 6.45) is 5.18. The van der Waals surface area contributed by atoms with Gasteiger partial charge in [0, 0.05) is 37.0 Å². The predicted molar refractivity (Wildman–Crippen MR) is 98.4 cm³/mol. The standard InChI is InChI=1S/C20H17FN6/c21-16-3-1-14(2-4-16)17-5-9-24-20(25-17)15-7-11-27(12-8-15)19-6-10-23-18(13-22)26-19/h1-6,9-10,15H,7-8,11-12H2. The smallest absolute Gasteiger partial charge is 0.234 e. The molecule has 3 heterocycles. The highest BCUT2D eigenvalue weighted by molar-refractivity contribution is 5.58. The van der Waals surface area contributed by atoms with E-state index >= 15 is 0 Å². The first-order valence-corrected chi connectivity index (χ1v) is 8.80. The van der Waals surface area contributed by atoms with Gasteiger partial charge >= 0.3 is 0 Å².